The molecule has 3 atom stereocenters. The number of anilines is 1. The Kier molecular flexibility index (Phi) is 6.70. The molecule has 0 bridgehead atoms. The molecule has 0 aliphatic heterocycles. The molecule has 0 heterocycles. The van der Waals surface area contributed by atoms with Crippen molar-refractivity contribution in [1.82, 2.24) is 5.32 Å². The van der Waals surface area contributed by atoms with Crippen molar-refractivity contribution in [1.29, 1.82) is 0 Å². The van der Waals surface area contributed by atoms with Gasteiger partial charge in [-0.15, -0.1) is 13.2 Å². The standard InChI is InChI=1S/C23H27F3N2O4S/c1-5-15-11-16(9-10-20(15)28-33(4,30)31)14(2)27-21(29)19-13-22(19,3)17-7-6-8-18(12-17)32-23(24,25)26/h6-12,14,19,28H,5,13H2,1-4H3,(H,27,29)/t14-,19?,22?/m1/s1. The SMILES string of the molecule is CCc1cc([C@@H](C)NC(=O)C2CC2(C)c2cccc(OC(F)(F)F)c2)ccc1NS(C)(=O)=O. The summed E-state index contributed by atoms with van der Waals surface area (Å²) in [6, 6.07) is 10.7. The van der Waals surface area contributed by atoms with E-state index in [1.165, 1.54) is 18.2 Å². The van der Waals surface area contributed by atoms with E-state index in [2.05, 4.69) is 14.8 Å². The van der Waals surface area contributed by atoms with Gasteiger partial charge in [-0.05, 0) is 54.7 Å². The average Bonchev–Trinajstić information content (AvgIpc) is 3.39. The van der Waals surface area contributed by atoms with Crippen LogP contribution in [0.1, 0.15) is 49.9 Å². The van der Waals surface area contributed by atoms with E-state index in [-0.39, 0.29) is 23.6 Å². The highest BCUT2D eigenvalue weighted by molar-refractivity contribution is 7.92. The minimum absolute atomic E-state index is 0.191. The third kappa shape index (κ3) is 6.19. The first-order chi connectivity index (χ1) is 15.2. The molecule has 33 heavy (non-hydrogen) atoms. The monoisotopic (exact) mass is 484 g/mol. The van der Waals surface area contributed by atoms with Gasteiger partial charge in [0, 0.05) is 11.3 Å². The van der Waals surface area contributed by atoms with Gasteiger partial charge in [0.2, 0.25) is 15.9 Å². The predicted octanol–water partition coefficient (Wildman–Crippen LogP) is 4.67. The van der Waals surface area contributed by atoms with E-state index in [0.717, 1.165) is 17.4 Å². The van der Waals surface area contributed by atoms with Gasteiger partial charge in [-0.3, -0.25) is 9.52 Å². The molecule has 180 valence electrons. The van der Waals surface area contributed by atoms with Crippen molar-refractivity contribution in [3.05, 3.63) is 59.2 Å². The number of rotatable bonds is 8. The maximum absolute atomic E-state index is 12.9. The molecule has 1 aliphatic carbocycles. The van der Waals surface area contributed by atoms with Crippen molar-refractivity contribution >= 4 is 21.6 Å². The molecule has 2 N–H and O–H groups in total. The van der Waals surface area contributed by atoms with Gasteiger partial charge in [-0.25, -0.2) is 8.42 Å². The van der Waals surface area contributed by atoms with E-state index in [1.54, 1.807) is 18.2 Å². The zero-order valence-electron chi connectivity index (χ0n) is 18.8. The molecular formula is C23H27F3N2O4S. The summed E-state index contributed by atoms with van der Waals surface area (Å²) in [5.74, 6) is -0.878. The van der Waals surface area contributed by atoms with E-state index in [4.69, 9.17) is 0 Å². The lowest BCUT2D eigenvalue weighted by atomic mass is 9.94. The average molecular weight is 485 g/mol. The summed E-state index contributed by atoms with van der Waals surface area (Å²) in [5, 5.41) is 2.97. The fourth-order valence-corrected chi connectivity index (χ4v) is 4.59. The predicted molar refractivity (Wildman–Crippen MR) is 119 cm³/mol. The third-order valence-electron chi connectivity index (χ3n) is 5.95. The lowest BCUT2D eigenvalue weighted by Gasteiger charge is -2.19. The van der Waals surface area contributed by atoms with Crippen LogP contribution in [0.3, 0.4) is 0 Å². The Balaban J connectivity index is 1.69. The molecule has 10 heteroatoms. The summed E-state index contributed by atoms with van der Waals surface area (Å²) in [6.07, 6.45) is -2.58. The smallest absolute Gasteiger partial charge is 0.406 e. The summed E-state index contributed by atoms with van der Waals surface area (Å²) in [5.41, 5.74) is 2.16. The summed E-state index contributed by atoms with van der Waals surface area (Å²) in [4.78, 5) is 12.9. The van der Waals surface area contributed by atoms with E-state index < -0.39 is 21.8 Å². The number of ether oxygens (including phenoxy) is 1. The molecule has 1 saturated carbocycles. The number of carbonyl (C=O) groups excluding carboxylic acids is 1. The van der Waals surface area contributed by atoms with Gasteiger partial charge in [0.05, 0.1) is 18.0 Å². The van der Waals surface area contributed by atoms with Crippen molar-refractivity contribution < 1.29 is 31.1 Å². The van der Waals surface area contributed by atoms with Crippen LogP contribution in [0.2, 0.25) is 0 Å². The third-order valence-corrected chi connectivity index (χ3v) is 6.54. The first kappa shape index (κ1) is 24.9. The Bertz CT molecular complexity index is 1150. The minimum atomic E-state index is -4.78. The van der Waals surface area contributed by atoms with E-state index in [1.807, 2.05) is 26.8 Å². The van der Waals surface area contributed by atoms with Gasteiger partial charge in [0.25, 0.3) is 0 Å². The molecule has 1 amide bonds. The quantitative estimate of drug-likeness (QED) is 0.570. The van der Waals surface area contributed by atoms with Crippen LogP contribution < -0.4 is 14.8 Å². The van der Waals surface area contributed by atoms with Gasteiger partial charge in [0.15, 0.2) is 0 Å². The molecule has 2 aromatic rings. The highest BCUT2D eigenvalue weighted by Crippen LogP contribution is 2.54. The number of alkyl halides is 3. The van der Waals surface area contributed by atoms with Crippen LogP contribution in [-0.2, 0) is 26.7 Å². The molecular weight excluding hydrogens is 457 g/mol. The van der Waals surface area contributed by atoms with E-state index in [0.29, 0.717) is 24.1 Å². The second-order valence-corrected chi connectivity index (χ2v) is 10.4. The first-order valence-corrected chi connectivity index (χ1v) is 12.4. The molecule has 0 saturated heterocycles. The molecule has 0 radical (unpaired) electrons. The summed E-state index contributed by atoms with van der Waals surface area (Å²) in [7, 11) is -3.41. The second kappa shape index (κ2) is 8.89. The molecule has 6 nitrogen and oxygen atoms in total. The number of aryl methyl sites for hydroxylation is 1. The fraction of sp³-hybridized carbons (Fsp3) is 0.435. The molecule has 2 aromatic carbocycles. The van der Waals surface area contributed by atoms with Gasteiger partial charge in [-0.1, -0.05) is 38.1 Å². The topological polar surface area (TPSA) is 84.5 Å². The highest BCUT2D eigenvalue weighted by atomic mass is 32.2. The van der Waals surface area contributed by atoms with Crippen LogP contribution in [-0.4, -0.2) is 26.9 Å². The molecule has 2 unspecified atom stereocenters. The Morgan fingerprint density at radius 1 is 1.24 bits per heavy atom. The fourth-order valence-electron chi connectivity index (χ4n) is 3.99. The van der Waals surface area contributed by atoms with Crippen LogP contribution in [0.5, 0.6) is 5.75 Å². The number of nitrogens with one attached hydrogen (secondary N) is 2. The van der Waals surface area contributed by atoms with Gasteiger partial charge >= 0.3 is 6.36 Å². The summed E-state index contributed by atoms with van der Waals surface area (Å²) in [6.45, 7) is 5.57. The van der Waals surface area contributed by atoms with Crippen molar-refractivity contribution in [3.63, 3.8) is 0 Å². The van der Waals surface area contributed by atoms with Crippen molar-refractivity contribution in [2.24, 2.45) is 5.92 Å². The molecule has 3 rings (SSSR count). The van der Waals surface area contributed by atoms with Crippen LogP contribution >= 0.6 is 0 Å². The number of halogens is 3. The molecule has 0 aromatic heterocycles. The Labute approximate surface area is 191 Å². The maximum Gasteiger partial charge on any atom is 0.573 e. The van der Waals surface area contributed by atoms with Gasteiger partial charge < -0.3 is 10.1 Å². The Morgan fingerprint density at radius 2 is 1.94 bits per heavy atom. The van der Waals surface area contributed by atoms with Crippen molar-refractivity contribution in [2.75, 3.05) is 11.0 Å². The summed E-state index contributed by atoms with van der Waals surface area (Å²) >= 11 is 0. The molecule has 1 fully saturated rings. The van der Waals surface area contributed by atoms with Crippen molar-refractivity contribution in [2.45, 2.75) is 51.4 Å². The van der Waals surface area contributed by atoms with E-state index in [9.17, 15) is 26.4 Å². The van der Waals surface area contributed by atoms with Crippen LogP contribution in [0.4, 0.5) is 18.9 Å². The van der Waals surface area contributed by atoms with Gasteiger partial charge in [-0.2, -0.15) is 0 Å². The number of hydrogen-bond donors (Lipinski definition) is 2. The molecule has 0 spiro atoms. The Hall–Kier alpha value is -2.75. The van der Waals surface area contributed by atoms with Crippen LogP contribution in [0.25, 0.3) is 0 Å². The summed E-state index contributed by atoms with van der Waals surface area (Å²) < 4.78 is 67.2. The second-order valence-electron chi connectivity index (χ2n) is 8.62. The zero-order valence-corrected chi connectivity index (χ0v) is 19.6. The molecule has 1 aliphatic rings. The normalized spacial score (nSPS) is 21.2. The number of hydrogen-bond acceptors (Lipinski definition) is 4. The zero-order chi connectivity index (χ0) is 24.6. The van der Waals surface area contributed by atoms with Gasteiger partial charge in [0.1, 0.15) is 5.75 Å². The first-order valence-electron chi connectivity index (χ1n) is 10.5. The lowest BCUT2D eigenvalue weighted by Crippen LogP contribution is -2.30. The Morgan fingerprint density at radius 3 is 2.55 bits per heavy atom. The van der Waals surface area contributed by atoms with Crippen LogP contribution in [0.15, 0.2) is 42.5 Å². The number of amides is 1. The largest absolute Gasteiger partial charge is 0.573 e. The number of benzene rings is 2. The van der Waals surface area contributed by atoms with Crippen LogP contribution in [0, 0.1) is 5.92 Å². The highest BCUT2D eigenvalue weighted by Gasteiger charge is 2.55. The number of carbonyl (C=O) groups is 1. The maximum atomic E-state index is 12.9. The lowest BCUT2D eigenvalue weighted by molar-refractivity contribution is -0.274. The minimum Gasteiger partial charge on any atom is -0.406 e. The number of sulfonamides is 1. The van der Waals surface area contributed by atoms with E-state index >= 15 is 0 Å². The van der Waals surface area contributed by atoms with Crippen molar-refractivity contribution in [3.8, 4) is 5.75 Å².